The van der Waals surface area contributed by atoms with Crippen LogP contribution in [-0.2, 0) is 4.79 Å². The van der Waals surface area contributed by atoms with E-state index in [1.54, 1.807) is 0 Å². The summed E-state index contributed by atoms with van der Waals surface area (Å²) in [6.45, 7) is 15.9. The largest absolute Gasteiger partial charge is 0.323 e. The maximum absolute atomic E-state index is 12.9. The Kier molecular flexibility index (Phi) is 4.45. The first-order valence-electron chi connectivity index (χ1n) is 8.64. The van der Waals surface area contributed by atoms with Crippen LogP contribution in [0.1, 0.15) is 74.1 Å². The van der Waals surface area contributed by atoms with Crippen molar-refractivity contribution in [2.45, 2.75) is 92.4 Å². The van der Waals surface area contributed by atoms with Gasteiger partial charge in [0.25, 0.3) is 0 Å². The van der Waals surface area contributed by atoms with Crippen molar-refractivity contribution in [2.24, 2.45) is 16.7 Å². The van der Waals surface area contributed by atoms with Gasteiger partial charge < -0.3 is 4.90 Å². The lowest BCUT2D eigenvalue weighted by molar-refractivity contribution is -0.135. The molecule has 122 valence electrons. The first kappa shape index (κ1) is 16.8. The van der Waals surface area contributed by atoms with Gasteiger partial charge in [-0.05, 0) is 42.9 Å². The average Bonchev–Trinajstić information content (AvgIpc) is 2.59. The van der Waals surface area contributed by atoms with E-state index in [0.29, 0.717) is 28.7 Å². The van der Waals surface area contributed by atoms with Gasteiger partial charge >= 0.3 is 0 Å². The van der Waals surface area contributed by atoms with Gasteiger partial charge in [-0.1, -0.05) is 48.0 Å². The van der Waals surface area contributed by atoms with Gasteiger partial charge in [-0.3, -0.25) is 10.1 Å². The summed E-state index contributed by atoms with van der Waals surface area (Å²) in [4.78, 5) is 15.1. The second kappa shape index (κ2) is 5.57. The molecule has 1 heterocycles. The van der Waals surface area contributed by atoms with Crippen LogP contribution >= 0.6 is 0 Å². The van der Waals surface area contributed by atoms with E-state index in [1.165, 1.54) is 6.42 Å². The van der Waals surface area contributed by atoms with Crippen LogP contribution in [0.5, 0.6) is 0 Å². The predicted molar refractivity (Wildman–Crippen MR) is 87.9 cm³/mol. The first-order valence-corrected chi connectivity index (χ1v) is 8.64. The van der Waals surface area contributed by atoms with Crippen LogP contribution in [0.25, 0.3) is 0 Å². The Morgan fingerprint density at radius 1 is 1.24 bits per heavy atom. The van der Waals surface area contributed by atoms with E-state index in [2.05, 4.69) is 58.7 Å². The summed E-state index contributed by atoms with van der Waals surface area (Å²) in [5.74, 6) is 0.741. The number of carbonyl (C=O) groups is 1. The second-order valence-corrected chi connectivity index (χ2v) is 9.02. The van der Waals surface area contributed by atoms with Crippen molar-refractivity contribution in [3.63, 3.8) is 0 Å². The van der Waals surface area contributed by atoms with E-state index in [1.807, 2.05) is 0 Å². The van der Waals surface area contributed by atoms with Crippen LogP contribution in [0, 0.1) is 16.7 Å². The summed E-state index contributed by atoms with van der Waals surface area (Å²) < 4.78 is 0. The van der Waals surface area contributed by atoms with Gasteiger partial charge in [-0.25, -0.2) is 0 Å². The number of nitrogens with zero attached hydrogens (tertiary/aromatic N) is 1. The highest BCUT2D eigenvalue weighted by Crippen LogP contribution is 2.48. The molecule has 1 N–H and O–H groups in total. The summed E-state index contributed by atoms with van der Waals surface area (Å²) in [6, 6.07) is 0.394. The molecule has 2 fully saturated rings. The van der Waals surface area contributed by atoms with Crippen LogP contribution in [0.3, 0.4) is 0 Å². The third kappa shape index (κ3) is 3.44. The zero-order valence-corrected chi connectivity index (χ0v) is 15.0. The maximum atomic E-state index is 12.9. The zero-order chi connectivity index (χ0) is 16.0. The lowest BCUT2D eigenvalue weighted by Crippen LogP contribution is -2.50. The van der Waals surface area contributed by atoms with Crippen LogP contribution in [0.2, 0.25) is 0 Å². The van der Waals surface area contributed by atoms with Gasteiger partial charge in [-0.15, -0.1) is 0 Å². The molecule has 1 aliphatic carbocycles. The second-order valence-electron chi connectivity index (χ2n) is 9.02. The van der Waals surface area contributed by atoms with Gasteiger partial charge in [-0.2, -0.15) is 0 Å². The van der Waals surface area contributed by atoms with Gasteiger partial charge in [0.1, 0.15) is 0 Å². The van der Waals surface area contributed by atoms with Gasteiger partial charge in [0.2, 0.25) is 5.91 Å². The minimum absolute atomic E-state index is 0.0122. The lowest BCUT2D eigenvalue weighted by atomic mass is 9.63. The minimum atomic E-state index is 0.0122. The van der Waals surface area contributed by atoms with Gasteiger partial charge in [0.15, 0.2) is 0 Å². The SMILES string of the molecule is CCC(C)C1NC(C)N(C2CC(C)(C)CC(C)(C)C2)C1=O. The van der Waals surface area contributed by atoms with E-state index in [-0.39, 0.29) is 12.2 Å². The van der Waals surface area contributed by atoms with Crippen molar-refractivity contribution in [1.29, 1.82) is 0 Å². The van der Waals surface area contributed by atoms with E-state index < -0.39 is 0 Å². The number of rotatable bonds is 3. The fourth-order valence-electron chi connectivity index (χ4n) is 4.89. The molecule has 0 aromatic carbocycles. The Morgan fingerprint density at radius 3 is 2.24 bits per heavy atom. The van der Waals surface area contributed by atoms with E-state index >= 15 is 0 Å². The molecule has 0 aromatic rings. The zero-order valence-electron chi connectivity index (χ0n) is 15.0. The summed E-state index contributed by atoms with van der Waals surface area (Å²) in [5.41, 5.74) is 0.641. The molecule has 1 aliphatic heterocycles. The number of carbonyl (C=O) groups excluding carboxylic acids is 1. The summed E-state index contributed by atoms with van der Waals surface area (Å²) in [7, 11) is 0. The molecule has 2 rings (SSSR count). The van der Waals surface area contributed by atoms with Gasteiger partial charge in [0.05, 0.1) is 12.2 Å². The molecule has 0 bridgehead atoms. The molecule has 3 atom stereocenters. The van der Waals surface area contributed by atoms with Crippen molar-refractivity contribution in [3.05, 3.63) is 0 Å². The Morgan fingerprint density at radius 2 is 1.76 bits per heavy atom. The Bertz CT molecular complexity index is 386. The standard InChI is InChI=1S/C18H34N2O/c1-8-12(2)15-16(21)20(13(3)19-15)14-9-17(4,5)11-18(6,7)10-14/h12-15,19H,8-11H2,1-7H3. The van der Waals surface area contributed by atoms with Crippen molar-refractivity contribution in [2.75, 3.05) is 0 Å². The number of hydrogen-bond acceptors (Lipinski definition) is 2. The van der Waals surface area contributed by atoms with Gasteiger partial charge in [0, 0.05) is 6.04 Å². The minimum Gasteiger partial charge on any atom is -0.323 e. The molecule has 0 spiro atoms. The van der Waals surface area contributed by atoms with Crippen LogP contribution in [0.15, 0.2) is 0 Å². The summed E-state index contributed by atoms with van der Waals surface area (Å²) in [5, 5.41) is 3.53. The number of amides is 1. The van der Waals surface area contributed by atoms with Crippen molar-refractivity contribution < 1.29 is 4.79 Å². The van der Waals surface area contributed by atoms with Crippen molar-refractivity contribution >= 4 is 5.91 Å². The highest BCUT2D eigenvalue weighted by molar-refractivity contribution is 5.85. The number of nitrogens with one attached hydrogen (secondary N) is 1. The first-order chi connectivity index (χ1) is 9.56. The molecule has 0 radical (unpaired) electrons. The maximum Gasteiger partial charge on any atom is 0.241 e. The van der Waals surface area contributed by atoms with E-state index in [0.717, 1.165) is 19.3 Å². The van der Waals surface area contributed by atoms with Crippen LogP contribution in [0.4, 0.5) is 0 Å². The molecule has 1 saturated heterocycles. The Labute approximate surface area is 130 Å². The molecule has 3 nitrogen and oxygen atoms in total. The summed E-state index contributed by atoms with van der Waals surface area (Å²) >= 11 is 0. The lowest BCUT2D eigenvalue weighted by Gasteiger charge is -2.48. The highest BCUT2D eigenvalue weighted by Gasteiger charge is 2.47. The summed E-state index contributed by atoms with van der Waals surface area (Å²) in [6.07, 6.45) is 4.72. The molecule has 1 saturated carbocycles. The fraction of sp³-hybridized carbons (Fsp3) is 0.944. The normalized spacial score (nSPS) is 34.2. The Balaban J connectivity index is 2.19. The van der Waals surface area contributed by atoms with Crippen molar-refractivity contribution in [3.8, 4) is 0 Å². The highest BCUT2D eigenvalue weighted by atomic mass is 16.2. The molecule has 21 heavy (non-hydrogen) atoms. The van der Waals surface area contributed by atoms with Crippen molar-refractivity contribution in [1.82, 2.24) is 10.2 Å². The third-order valence-corrected chi connectivity index (χ3v) is 5.50. The molecule has 2 aliphatic rings. The quantitative estimate of drug-likeness (QED) is 0.859. The average molecular weight is 294 g/mol. The molecular formula is C18H34N2O. The molecular weight excluding hydrogens is 260 g/mol. The van der Waals surface area contributed by atoms with E-state index in [9.17, 15) is 4.79 Å². The topological polar surface area (TPSA) is 32.3 Å². The van der Waals surface area contributed by atoms with Crippen LogP contribution in [-0.4, -0.2) is 29.1 Å². The smallest absolute Gasteiger partial charge is 0.241 e. The van der Waals surface area contributed by atoms with Crippen LogP contribution < -0.4 is 5.32 Å². The molecule has 3 heteroatoms. The number of hydrogen-bond donors (Lipinski definition) is 1. The Hall–Kier alpha value is -0.570. The predicted octanol–water partition coefficient (Wildman–Crippen LogP) is 3.78. The molecule has 1 amide bonds. The van der Waals surface area contributed by atoms with E-state index in [4.69, 9.17) is 0 Å². The molecule has 0 aromatic heterocycles. The monoisotopic (exact) mass is 294 g/mol. The fourth-order valence-corrected chi connectivity index (χ4v) is 4.89. The molecule has 3 unspecified atom stereocenters. The third-order valence-electron chi connectivity index (χ3n) is 5.50.